The van der Waals surface area contributed by atoms with E-state index in [0.29, 0.717) is 35.7 Å². The molecule has 0 spiro atoms. The first-order valence-electron chi connectivity index (χ1n) is 12.4. The SMILES string of the molecule is CCOc1ccccc1N(CC(=O)NCCCN1CCCCC1CC)S(=O)(=O)c1ccc(Cl)cc1. The second-order valence-corrected chi connectivity index (χ2v) is 11.0. The van der Waals surface area contributed by atoms with E-state index in [0.717, 1.165) is 30.2 Å². The van der Waals surface area contributed by atoms with E-state index in [9.17, 15) is 13.2 Å². The quantitative estimate of drug-likeness (QED) is 0.409. The molecule has 2 aromatic rings. The molecular formula is C26H36ClN3O4S. The molecule has 0 aliphatic carbocycles. The first-order valence-corrected chi connectivity index (χ1v) is 14.2. The molecule has 3 rings (SSSR count). The fourth-order valence-corrected chi connectivity index (χ4v) is 6.04. The number of nitrogens with one attached hydrogen (secondary N) is 1. The predicted octanol–water partition coefficient (Wildman–Crippen LogP) is 4.70. The molecule has 0 aromatic heterocycles. The van der Waals surface area contributed by atoms with Gasteiger partial charge in [-0.25, -0.2) is 8.42 Å². The zero-order valence-electron chi connectivity index (χ0n) is 20.6. The number of carbonyl (C=O) groups excluding carboxylic acids is 1. The van der Waals surface area contributed by atoms with Crippen LogP contribution in [-0.2, 0) is 14.8 Å². The van der Waals surface area contributed by atoms with Crippen LogP contribution >= 0.6 is 11.6 Å². The summed E-state index contributed by atoms with van der Waals surface area (Å²) in [6, 6.07) is 13.4. The summed E-state index contributed by atoms with van der Waals surface area (Å²) in [5, 5.41) is 3.34. The topological polar surface area (TPSA) is 79.0 Å². The van der Waals surface area contributed by atoms with E-state index in [1.165, 1.54) is 43.5 Å². The number of carbonyl (C=O) groups is 1. The highest BCUT2D eigenvalue weighted by Gasteiger charge is 2.29. The summed E-state index contributed by atoms with van der Waals surface area (Å²) < 4.78 is 33.9. The molecule has 0 bridgehead atoms. The lowest BCUT2D eigenvalue weighted by Crippen LogP contribution is -2.43. The Morgan fingerprint density at radius 1 is 1.14 bits per heavy atom. The van der Waals surface area contributed by atoms with Crippen molar-refractivity contribution < 1.29 is 17.9 Å². The van der Waals surface area contributed by atoms with Crippen molar-refractivity contribution in [3.05, 3.63) is 53.6 Å². The molecule has 1 saturated heterocycles. The molecule has 1 heterocycles. The lowest BCUT2D eigenvalue weighted by molar-refractivity contribution is -0.119. The van der Waals surface area contributed by atoms with E-state index in [2.05, 4.69) is 17.1 Å². The Morgan fingerprint density at radius 3 is 2.60 bits per heavy atom. The van der Waals surface area contributed by atoms with E-state index in [1.54, 1.807) is 24.3 Å². The fourth-order valence-electron chi connectivity index (χ4n) is 4.49. The van der Waals surface area contributed by atoms with Crippen molar-refractivity contribution in [3.63, 3.8) is 0 Å². The van der Waals surface area contributed by atoms with E-state index < -0.39 is 10.0 Å². The zero-order valence-corrected chi connectivity index (χ0v) is 22.2. The number of para-hydroxylation sites is 2. The van der Waals surface area contributed by atoms with Gasteiger partial charge in [0.25, 0.3) is 10.0 Å². The lowest BCUT2D eigenvalue weighted by Gasteiger charge is -2.35. The molecule has 1 aliphatic heterocycles. The second-order valence-electron chi connectivity index (χ2n) is 8.66. The number of halogens is 1. The molecule has 1 N–H and O–H groups in total. The number of sulfonamides is 1. The van der Waals surface area contributed by atoms with Gasteiger partial charge in [0.2, 0.25) is 5.91 Å². The van der Waals surface area contributed by atoms with Gasteiger partial charge in [0.15, 0.2) is 0 Å². The molecule has 0 saturated carbocycles. The summed E-state index contributed by atoms with van der Waals surface area (Å²) in [4.78, 5) is 15.5. The third kappa shape index (κ3) is 7.35. The number of benzene rings is 2. The van der Waals surface area contributed by atoms with Crippen molar-refractivity contribution in [2.45, 2.75) is 56.9 Å². The molecule has 192 valence electrons. The monoisotopic (exact) mass is 521 g/mol. The Bertz CT molecular complexity index is 1060. The number of likely N-dealkylation sites (tertiary alicyclic amines) is 1. The first-order chi connectivity index (χ1) is 16.9. The van der Waals surface area contributed by atoms with Crippen molar-refractivity contribution in [2.75, 3.05) is 37.1 Å². The van der Waals surface area contributed by atoms with Gasteiger partial charge < -0.3 is 15.0 Å². The van der Waals surface area contributed by atoms with Gasteiger partial charge in [0.1, 0.15) is 12.3 Å². The Labute approximate surface area is 214 Å². The summed E-state index contributed by atoms with van der Waals surface area (Å²) in [5.74, 6) is 0.0376. The molecule has 1 amide bonds. The molecule has 1 aliphatic rings. The minimum absolute atomic E-state index is 0.0525. The number of nitrogens with zero attached hydrogens (tertiary/aromatic N) is 2. The number of piperidine rings is 1. The summed E-state index contributed by atoms with van der Waals surface area (Å²) >= 11 is 5.96. The van der Waals surface area contributed by atoms with Crippen LogP contribution in [0.5, 0.6) is 5.75 Å². The van der Waals surface area contributed by atoms with Crippen LogP contribution in [0.4, 0.5) is 5.69 Å². The zero-order chi connectivity index (χ0) is 25.3. The predicted molar refractivity (Wildman–Crippen MR) is 141 cm³/mol. The van der Waals surface area contributed by atoms with Crippen LogP contribution < -0.4 is 14.4 Å². The van der Waals surface area contributed by atoms with Gasteiger partial charge in [-0.3, -0.25) is 9.10 Å². The van der Waals surface area contributed by atoms with Gasteiger partial charge in [0, 0.05) is 24.2 Å². The molecule has 7 nitrogen and oxygen atoms in total. The Kier molecular flexibility index (Phi) is 10.2. The summed E-state index contributed by atoms with van der Waals surface area (Å²) in [6.45, 7) is 6.59. The molecular weight excluding hydrogens is 486 g/mol. The number of anilines is 1. The smallest absolute Gasteiger partial charge is 0.264 e. The molecule has 9 heteroatoms. The Morgan fingerprint density at radius 2 is 1.89 bits per heavy atom. The van der Waals surface area contributed by atoms with Gasteiger partial charge >= 0.3 is 0 Å². The third-order valence-electron chi connectivity index (χ3n) is 6.29. The average molecular weight is 522 g/mol. The van der Waals surface area contributed by atoms with Gasteiger partial charge in [0.05, 0.1) is 17.2 Å². The van der Waals surface area contributed by atoms with Crippen molar-refractivity contribution >= 4 is 33.2 Å². The van der Waals surface area contributed by atoms with Crippen LogP contribution in [0, 0.1) is 0 Å². The second kappa shape index (κ2) is 13.1. The van der Waals surface area contributed by atoms with E-state index in [4.69, 9.17) is 16.3 Å². The van der Waals surface area contributed by atoms with Crippen LogP contribution in [-0.4, -0.2) is 58.1 Å². The van der Waals surface area contributed by atoms with Crippen molar-refractivity contribution in [1.82, 2.24) is 10.2 Å². The molecule has 2 aromatic carbocycles. The minimum Gasteiger partial charge on any atom is -0.492 e. The Hall–Kier alpha value is -2.29. The van der Waals surface area contributed by atoms with Crippen LogP contribution in [0.3, 0.4) is 0 Å². The molecule has 35 heavy (non-hydrogen) atoms. The number of ether oxygens (including phenoxy) is 1. The highest BCUT2D eigenvalue weighted by molar-refractivity contribution is 7.92. The van der Waals surface area contributed by atoms with E-state index in [1.807, 2.05) is 6.92 Å². The normalized spacial score (nSPS) is 16.6. The summed E-state index contributed by atoms with van der Waals surface area (Å²) in [5.41, 5.74) is 0.318. The van der Waals surface area contributed by atoms with Gasteiger partial charge in [-0.2, -0.15) is 0 Å². The molecule has 1 atom stereocenters. The van der Waals surface area contributed by atoms with Gasteiger partial charge in [-0.1, -0.05) is 37.1 Å². The number of rotatable bonds is 12. The standard InChI is InChI=1S/C26H36ClN3O4S/c1-3-22-10-7-8-18-29(22)19-9-17-28-26(31)20-30(24-11-5-6-12-25(24)34-4-2)35(32,33)23-15-13-21(27)14-16-23/h5-6,11-16,22H,3-4,7-10,17-20H2,1-2H3,(H,28,31). The average Bonchev–Trinajstić information content (AvgIpc) is 2.86. The molecule has 1 fully saturated rings. The van der Waals surface area contributed by atoms with Crippen LogP contribution in [0.15, 0.2) is 53.4 Å². The molecule has 1 unspecified atom stereocenters. The number of amides is 1. The third-order valence-corrected chi connectivity index (χ3v) is 8.31. The van der Waals surface area contributed by atoms with Crippen LogP contribution in [0.1, 0.15) is 46.0 Å². The minimum atomic E-state index is -4.04. The van der Waals surface area contributed by atoms with Crippen molar-refractivity contribution in [3.8, 4) is 5.75 Å². The van der Waals surface area contributed by atoms with E-state index >= 15 is 0 Å². The largest absolute Gasteiger partial charge is 0.492 e. The van der Waals surface area contributed by atoms with E-state index in [-0.39, 0.29) is 17.3 Å². The van der Waals surface area contributed by atoms with Gasteiger partial charge in [-0.05, 0) is 75.5 Å². The molecule has 0 radical (unpaired) electrons. The summed E-state index contributed by atoms with van der Waals surface area (Å²) in [6.07, 6.45) is 5.71. The fraction of sp³-hybridized carbons (Fsp3) is 0.500. The van der Waals surface area contributed by atoms with Crippen LogP contribution in [0.2, 0.25) is 5.02 Å². The summed E-state index contributed by atoms with van der Waals surface area (Å²) in [7, 11) is -4.04. The number of hydrogen-bond acceptors (Lipinski definition) is 5. The Balaban J connectivity index is 1.72. The maximum absolute atomic E-state index is 13.6. The van der Waals surface area contributed by atoms with Crippen molar-refractivity contribution in [2.24, 2.45) is 0 Å². The maximum atomic E-state index is 13.6. The van der Waals surface area contributed by atoms with Crippen LogP contribution in [0.25, 0.3) is 0 Å². The maximum Gasteiger partial charge on any atom is 0.264 e. The lowest BCUT2D eigenvalue weighted by atomic mass is 10.00. The van der Waals surface area contributed by atoms with Crippen molar-refractivity contribution in [1.29, 1.82) is 0 Å². The highest BCUT2D eigenvalue weighted by Crippen LogP contribution is 2.32. The first kappa shape index (κ1) is 27.3. The van der Waals surface area contributed by atoms with Gasteiger partial charge in [-0.15, -0.1) is 0 Å². The highest BCUT2D eigenvalue weighted by atomic mass is 35.5. The number of hydrogen-bond donors (Lipinski definition) is 1.